The number of alkyl halides is 3. The normalized spacial score (nSPS) is 11.3. The highest BCUT2D eigenvalue weighted by molar-refractivity contribution is 6.04. The third-order valence-corrected chi connectivity index (χ3v) is 3.17. The molecule has 2 aromatic carbocycles. The zero-order valence-electron chi connectivity index (χ0n) is 12.0. The van der Waals surface area contributed by atoms with Crippen LogP contribution in [0.5, 0.6) is 0 Å². The molecule has 0 fully saturated rings. The van der Waals surface area contributed by atoms with Gasteiger partial charge in [-0.15, -0.1) is 5.10 Å². The molecule has 9 heteroatoms. The molecule has 24 heavy (non-hydrogen) atoms. The van der Waals surface area contributed by atoms with E-state index >= 15 is 0 Å². The van der Waals surface area contributed by atoms with E-state index < -0.39 is 17.6 Å². The van der Waals surface area contributed by atoms with Crippen molar-refractivity contribution in [3.8, 4) is 5.69 Å². The monoisotopic (exact) mass is 333 g/mol. The quantitative estimate of drug-likeness (QED) is 0.800. The molecule has 122 valence electrons. The van der Waals surface area contributed by atoms with Gasteiger partial charge in [0.05, 0.1) is 11.3 Å². The zero-order chi connectivity index (χ0) is 17.2. The third kappa shape index (κ3) is 3.40. The van der Waals surface area contributed by atoms with E-state index in [1.807, 2.05) is 0 Å². The minimum absolute atomic E-state index is 0.0855. The van der Waals surface area contributed by atoms with Crippen LogP contribution in [-0.2, 0) is 6.18 Å². The number of halogens is 3. The molecule has 1 N–H and O–H groups in total. The van der Waals surface area contributed by atoms with Crippen LogP contribution in [0.2, 0.25) is 0 Å². The van der Waals surface area contributed by atoms with Crippen molar-refractivity contribution < 1.29 is 18.0 Å². The molecular weight excluding hydrogens is 323 g/mol. The highest BCUT2D eigenvalue weighted by Gasteiger charge is 2.30. The van der Waals surface area contributed by atoms with Gasteiger partial charge >= 0.3 is 6.18 Å². The molecule has 1 amide bonds. The predicted octanol–water partition coefficient (Wildman–Crippen LogP) is 2.93. The molecule has 0 aliphatic rings. The lowest BCUT2D eigenvalue weighted by molar-refractivity contribution is -0.137. The van der Waals surface area contributed by atoms with Gasteiger partial charge in [0.25, 0.3) is 5.91 Å². The second-order valence-corrected chi connectivity index (χ2v) is 4.84. The van der Waals surface area contributed by atoms with Gasteiger partial charge in [-0.25, -0.2) is 4.68 Å². The molecule has 0 saturated carbocycles. The number of anilines is 1. The Morgan fingerprint density at radius 3 is 2.58 bits per heavy atom. The van der Waals surface area contributed by atoms with Crippen LogP contribution in [0.25, 0.3) is 5.69 Å². The first-order chi connectivity index (χ1) is 11.4. The second-order valence-electron chi connectivity index (χ2n) is 4.84. The molecule has 1 aromatic heterocycles. The van der Waals surface area contributed by atoms with Crippen LogP contribution in [-0.4, -0.2) is 26.1 Å². The number of rotatable bonds is 3. The number of benzene rings is 2. The Morgan fingerprint density at radius 1 is 1.08 bits per heavy atom. The van der Waals surface area contributed by atoms with Crippen LogP contribution in [0, 0.1) is 0 Å². The lowest BCUT2D eigenvalue weighted by Crippen LogP contribution is -2.14. The summed E-state index contributed by atoms with van der Waals surface area (Å²) in [5.74, 6) is -0.644. The number of carbonyl (C=O) groups is 1. The zero-order valence-corrected chi connectivity index (χ0v) is 12.0. The summed E-state index contributed by atoms with van der Waals surface area (Å²) in [4.78, 5) is 12.2. The smallest absolute Gasteiger partial charge is 0.322 e. The van der Waals surface area contributed by atoms with E-state index in [2.05, 4.69) is 20.8 Å². The maximum absolute atomic E-state index is 12.7. The van der Waals surface area contributed by atoms with E-state index in [1.54, 1.807) is 24.3 Å². The van der Waals surface area contributed by atoms with Crippen molar-refractivity contribution in [2.24, 2.45) is 0 Å². The number of hydrogen-bond acceptors (Lipinski definition) is 4. The lowest BCUT2D eigenvalue weighted by atomic mass is 10.1. The van der Waals surface area contributed by atoms with Crippen molar-refractivity contribution in [1.82, 2.24) is 20.2 Å². The van der Waals surface area contributed by atoms with E-state index in [9.17, 15) is 18.0 Å². The number of amides is 1. The van der Waals surface area contributed by atoms with Crippen LogP contribution in [0.3, 0.4) is 0 Å². The predicted molar refractivity (Wildman–Crippen MR) is 78.6 cm³/mol. The van der Waals surface area contributed by atoms with Gasteiger partial charge in [-0.3, -0.25) is 4.79 Å². The summed E-state index contributed by atoms with van der Waals surface area (Å²) in [6.45, 7) is 0. The number of aromatic nitrogens is 4. The van der Waals surface area contributed by atoms with Gasteiger partial charge < -0.3 is 5.32 Å². The summed E-state index contributed by atoms with van der Waals surface area (Å²) in [5, 5.41) is 13.3. The van der Waals surface area contributed by atoms with Crippen LogP contribution >= 0.6 is 0 Å². The Kier molecular flexibility index (Phi) is 3.98. The molecule has 0 aliphatic carbocycles. The molecule has 3 rings (SSSR count). The summed E-state index contributed by atoms with van der Waals surface area (Å²) >= 11 is 0. The molecule has 0 aliphatic heterocycles. The molecule has 0 spiro atoms. The molecular formula is C15H10F3N5O. The Labute approximate surface area is 133 Å². The van der Waals surface area contributed by atoms with Gasteiger partial charge in [-0.05, 0) is 46.8 Å². The number of hydrogen-bond donors (Lipinski definition) is 1. The first kappa shape index (κ1) is 15.7. The molecule has 0 atom stereocenters. The minimum Gasteiger partial charge on any atom is -0.322 e. The van der Waals surface area contributed by atoms with Crippen molar-refractivity contribution >= 4 is 11.6 Å². The van der Waals surface area contributed by atoms with Crippen molar-refractivity contribution in [3.63, 3.8) is 0 Å². The van der Waals surface area contributed by atoms with Crippen LogP contribution < -0.4 is 5.32 Å². The third-order valence-electron chi connectivity index (χ3n) is 3.17. The molecule has 0 radical (unpaired) electrons. The van der Waals surface area contributed by atoms with Crippen molar-refractivity contribution in [3.05, 3.63) is 66.0 Å². The Hall–Kier alpha value is -3.23. The molecule has 1 heterocycles. The Balaban J connectivity index is 1.82. The average molecular weight is 333 g/mol. The highest BCUT2D eigenvalue weighted by atomic mass is 19.4. The maximum atomic E-state index is 12.7. The Morgan fingerprint density at radius 2 is 1.88 bits per heavy atom. The highest BCUT2D eigenvalue weighted by Crippen LogP contribution is 2.29. The van der Waals surface area contributed by atoms with E-state index in [1.165, 1.54) is 23.1 Å². The van der Waals surface area contributed by atoms with E-state index in [0.717, 1.165) is 12.1 Å². The van der Waals surface area contributed by atoms with E-state index in [-0.39, 0.29) is 5.56 Å². The average Bonchev–Trinajstić information content (AvgIpc) is 3.09. The fourth-order valence-electron chi connectivity index (χ4n) is 2.05. The molecule has 6 nitrogen and oxygen atoms in total. The Bertz CT molecular complexity index is 862. The maximum Gasteiger partial charge on any atom is 0.416 e. The summed E-state index contributed by atoms with van der Waals surface area (Å²) in [6, 6.07) is 10.8. The van der Waals surface area contributed by atoms with Gasteiger partial charge in [0.1, 0.15) is 6.33 Å². The largest absolute Gasteiger partial charge is 0.416 e. The van der Waals surface area contributed by atoms with Crippen LogP contribution in [0.1, 0.15) is 15.9 Å². The fraction of sp³-hybridized carbons (Fsp3) is 0.0667. The number of nitrogens with zero attached hydrogens (tertiary/aromatic N) is 4. The molecule has 0 bridgehead atoms. The van der Waals surface area contributed by atoms with E-state index in [4.69, 9.17) is 0 Å². The van der Waals surface area contributed by atoms with Gasteiger partial charge in [0, 0.05) is 11.3 Å². The van der Waals surface area contributed by atoms with Crippen molar-refractivity contribution in [2.75, 3.05) is 5.32 Å². The number of carbonyl (C=O) groups excluding carboxylic acids is 1. The van der Waals surface area contributed by atoms with Gasteiger partial charge in [-0.2, -0.15) is 13.2 Å². The standard InChI is InChI=1S/C15H10F3N5O/c16-15(17,18)11-4-1-3-10(7-11)14(24)20-12-5-2-6-13(8-12)23-9-19-21-22-23/h1-9H,(H,20,24). The second kappa shape index (κ2) is 6.11. The van der Waals surface area contributed by atoms with E-state index in [0.29, 0.717) is 11.4 Å². The first-order valence-electron chi connectivity index (χ1n) is 6.75. The number of tetrazole rings is 1. The molecule has 0 unspecified atom stereocenters. The van der Waals surface area contributed by atoms with Crippen LogP contribution in [0.4, 0.5) is 18.9 Å². The summed E-state index contributed by atoms with van der Waals surface area (Å²) in [5.41, 5.74) is 0.0440. The first-order valence-corrected chi connectivity index (χ1v) is 6.75. The SMILES string of the molecule is O=C(Nc1cccc(-n2cnnn2)c1)c1cccc(C(F)(F)F)c1. The summed E-state index contributed by atoms with van der Waals surface area (Å²) in [7, 11) is 0. The van der Waals surface area contributed by atoms with Crippen molar-refractivity contribution in [2.45, 2.75) is 6.18 Å². The summed E-state index contributed by atoms with van der Waals surface area (Å²) in [6.07, 6.45) is -3.12. The van der Waals surface area contributed by atoms with Gasteiger partial charge in [-0.1, -0.05) is 12.1 Å². The molecule has 0 saturated heterocycles. The van der Waals surface area contributed by atoms with Crippen molar-refractivity contribution in [1.29, 1.82) is 0 Å². The van der Waals surface area contributed by atoms with Gasteiger partial charge in [0.2, 0.25) is 0 Å². The molecule has 3 aromatic rings. The van der Waals surface area contributed by atoms with Gasteiger partial charge in [0.15, 0.2) is 0 Å². The van der Waals surface area contributed by atoms with Crippen LogP contribution in [0.15, 0.2) is 54.9 Å². The minimum atomic E-state index is -4.50. The topological polar surface area (TPSA) is 72.7 Å². The number of nitrogens with one attached hydrogen (secondary N) is 1. The fourth-order valence-corrected chi connectivity index (χ4v) is 2.05. The summed E-state index contributed by atoms with van der Waals surface area (Å²) < 4.78 is 39.5. The lowest BCUT2D eigenvalue weighted by Gasteiger charge is -2.10.